The van der Waals surface area contributed by atoms with E-state index in [1.54, 1.807) is 12.5 Å². The highest BCUT2D eigenvalue weighted by Crippen LogP contribution is 2.20. The van der Waals surface area contributed by atoms with Gasteiger partial charge >= 0.3 is 0 Å². The minimum absolute atomic E-state index is 0.506. The average molecular weight is 279 g/mol. The summed E-state index contributed by atoms with van der Waals surface area (Å²) in [6.07, 6.45) is 13.3. The molecule has 0 radical (unpaired) electrons. The maximum Gasteiger partial charge on any atom is 0.0992 e. The third kappa shape index (κ3) is 4.28. The first kappa shape index (κ1) is 15.0. The molecule has 0 saturated carbocycles. The molecule has 0 aliphatic rings. The molecule has 0 amide bonds. The van der Waals surface area contributed by atoms with E-state index in [0.717, 1.165) is 11.4 Å². The first-order valence-corrected chi connectivity index (χ1v) is 7.16. The summed E-state index contributed by atoms with van der Waals surface area (Å²) in [7, 11) is 0. The summed E-state index contributed by atoms with van der Waals surface area (Å²) >= 11 is 0. The second-order valence-electron chi connectivity index (χ2n) is 5.10. The van der Waals surface area contributed by atoms with Gasteiger partial charge in [0.1, 0.15) is 0 Å². The van der Waals surface area contributed by atoms with Crippen LogP contribution in [0.2, 0.25) is 0 Å². The molecule has 0 aliphatic heterocycles. The smallest absolute Gasteiger partial charge is 0.0992 e. The second kappa shape index (κ2) is 7.39. The summed E-state index contributed by atoms with van der Waals surface area (Å²) in [4.78, 5) is 8.66. The van der Waals surface area contributed by atoms with Gasteiger partial charge in [-0.3, -0.25) is 4.99 Å². The largest absolute Gasteiger partial charge is 0.305 e. The van der Waals surface area contributed by atoms with Gasteiger partial charge in [-0.1, -0.05) is 38.1 Å². The molecule has 0 aliphatic carbocycles. The van der Waals surface area contributed by atoms with Crippen molar-refractivity contribution < 1.29 is 0 Å². The van der Waals surface area contributed by atoms with Gasteiger partial charge in [0, 0.05) is 12.4 Å². The van der Waals surface area contributed by atoms with Gasteiger partial charge in [-0.15, -0.1) is 0 Å². The van der Waals surface area contributed by atoms with Crippen LogP contribution in [0.5, 0.6) is 0 Å². The van der Waals surface area contributed by atoms with Gasteiger partial charge in [-0.05, 0) is 36.6 Å². The number of benzene rings is 1. The van der Waals surface area contributed by atoms with Gasteiger partial charge in [-0.2, -0.15) is 0 Å². The second-order valence-corrected chi connectivity index (χ2v) is 5.10. The highest BCUT2D eigenvalue weighted by atomic mass is 15.0. The summed E-state index contributed by atoms with van der Waals surface area (Å²) in [5.41, 5.74) is 3.24. The van der Waals surface area contributed by atoms with E-state index in [-0.39, 0.29) is 0 Å². The SMILES string of the molecule is C/C=C/C=C(\C=N/c1cccc(C(C)C)c1)n1ccnc1. The number of imidazole rings is 1. The van der Waals surface area contributed by atoms with E-state index in [4.69, 9.17) is 0 Å². The summed E-state index contributed by atoms with van der Waals surface area (Å²) in [6, 6.07) is 8.33. The Morgan fingerprint density at radius 1 is 1.33 bits per heavy atom. The molecule has 21 heavy (non-hydrogen) atoms. The molecule has 2 aromatic rings. The van der Waals surface area contributed by atoms with E-state index in [9.17, 15) is 0 Å². The van der Waals surface area contributed by atoms with E-state index in [2.05, 4.69) is 42.0 Å². The molecule has 0 unspecified atom stereocenters. The fourth-order valence-electron chi connectivity index (χ4n) is 1.91. The number of hydrogen-bond acceptors (Lipinski definition) is 2. The molecule has 0 saturated heterocycles. The molecule has 0 N–H and O–H groups in total. The van der Waals surface area contributed by atoms with E-state index >= 15 is 0 Å². The minimum atomic E-state index is 0.506. The van der Waals surface area contributed by atoms with Crippen molar-refractivity contribution in [1.29, 1.82) is 0 Å². The van der Waals surface area contributed by atoms with E-state index in [1.165, 1.54) is 5.56 Å². The van der Waals surface area contributed by atoms with Crippen molar-refractivity contribution in [3.05, 3.63) is 66.8 Å². The molecule has 1 heterocycles. The molecule has 108 valence electrons. The van der Waals surface area contributed by atoms with Gasteiger partial charge in [0.15, 0.2) is 0 Å². The number of allylic oxidation sites excluding steroid dienone is 4. The number of hydrogen-bond donors (Lipinski definition) is 0. The predicted octanol–water partition coefficient (Wildman–Crippen LogP) is 4.83. The van der Waals surface area contributed by atoms with Crippen LogP contribution in [0.3, 0.4) is 0 Å². The Labute approximate surface area is 126 Å². The number of aromatic nitrogens is 2. The first-order valence-electron chi connectivity index (χ1n) is 7.16. The number of aliphatic imine (C=N–C) groups is 1. The fourth-order valence-corrected chi connectivity index (χ4v) is 1.91. The molecule has 1 aromatic heterocycles. The van der Waals surface area contributed by atoms with Crippen molar-refractivity contribution in [2.45, 2.75) is 26.7 Å². The van der Waals surface area contributed by atoms with Crippen LogP contribution in [0, 0.1) is 0 Å². The van der Waals surface area contributed by atoms with Crippen LogP contribution in [0.4, 0.5) is 5.69 Å². The van der Waals surface area contributed by atoms with Gasteiger partial charge < -0.3 is 4.57 Å². The zero-order valence-electron chi connectivity index (χ0n) is 12.8. The van der Waals surface area contributed by atoms with Gasteiger partial charge in [0.2, 0.25) is 0 Å². The van der Waals surface area contributed by atoms with Gasteiger partial charge in [0.05, 0.1) is 23.9 Å². The summed E-state index contributed by atoms with van der Waals surface area (Å²) in [5.74, 6) is 0.506. The molecule has 0 bridgehead atoms. The monoisotopic (exact) mass is 279 g/mol. The Balaban J connectivity index is 2.26. The predicted molar refractivity (Wildman–Crippen MR) is 90.0 cm³/mol. The zero-order chi connectivity index (χ0) is 15.1. The highest BCUT2D eigenvalue weighted by molar-refractivity contribution is 6.03. The van der Waals surface area contributed by atoms with Crippen LogP contribution < -0.4 is 0 Å². The molecule has 1 aromatic carbocycles. The van der Waals surface area contributed by atoms with Crippen molar-refractivity contribution in [3.63, 3.8) is 0 Å². The molecular formula is C18H21N3. The lowest BCUT2D eigenvalue weighted by atomic mass is 10.0. The maximum absolute atomic E-state index is 4.58. The Bertz CT molecular complexity index is 647. The van der Waals surface area contributed by atoms with Crippen LogP contribution in [0.1, 0.15) is 32.3 Å². The molecule has 2 rings (SSSR count). The van der Waals surface area contributed by atoms with Crippen LogP contribution in [-0.2, 0) is 0 Å². The molecular weight excluding hydrogens is 258 g/mol. The average Bonchev–Trinajstić information content (AvgIpc) is 3.02. The lowest BCUT2D eigenvalue weighted by molar-refractivity contribution is 0.867. The number of nitrogens with zero attached hydrogens (tertiary/aromatic N) is 3. The first-order chi connectivity index (χ1) is 10.2. The third-order valence-corrected chi connectivity index (χ3v) is 3.14. The Morgan fingerprint density at radius 2 is 2.19 bits per heavy atom. The fraction of sp³-hybridized carbons (Fsp3) is 0.222. The van der Waals surface area contributed by atoms with Gasteiger partial charge in [-0.25, -0.2) is 4.98 Å². The minimum Gasteiger partial charge on any atom is -0.305 e. The zero-order valence-corrected chi connectivity index (χ0v) is 12.8. The van der Waals surface area contributed by atoms with E-state index < -0.39 is 0 Å². The topological polar surface area (TPSA) is 30.2 Å². The molecule has 0 spiro atoms. The van der Waals surface area contributed by atoms with Crippen molar-refractivity contribution in [2.75, 3.05) is 0 Å². The Hall–Kier alpha value is -2.42. The van der Waals surface area contributed by atoms with Crippen LogP contribution in [0.15, 0.2) is 66.2 Å². The van der Waals surface area contributed by atoms with Gasteiger partial charge in [0.25, 0.3) is 0 Å². The lowest BCUT2D eigenvalue weighted by Crippen LogP contribution is -1.94. The van der Waals surface area contributed by atoms with E-state index in [1.807, 2.05) is 48.2 Å². The summed E-state index contributed by atoms with van der Waals surface area (Å²) in [6.45, 7) is 6.36. The molecule has 3 heteroatoms. The van der Waals surface area contributed by atoms with E-state index in [0.29, 0.717) is 5.92 Å². The highest BCUT2D eigenvalue weighted by Gasteiger charge is 2.00. The standard InChI is InChI=1S/C18H21N3/c1-4-5-9-18(21-11-10-19-14-21)13-20-17-8-6-7-16(12-17)15(2)3/h4-15H,1-3H3/b5-4+,18-9+,20-13-. The Kier molecular flexibility index (Phi) is 5.27. The molecule has 3 nitrogen and oxygen atoms in total. The van der Waals surface area contributed by atoms with Crippen molar-refractivity contribution in [2.24, 2.45) is 4.99 Å². The summed E-state index contributed by atoms with van der Waals surface area (Å²) in [5, 5.41) is 0. The third-order valence-electron chi connectivity index (χ3n) is 3.14. The molecule has 0 fully saturated rings. The van der Waals surface area contributed by atoms with Crippen LogP contribution >= 0.6 is 0 Å². The van der Waals surface area contributed by atoms with Crippen molar-refractivity contribution in [3.8, 4) is 0 Å². The molecule has 0 atom stereocenters. The van der Waals surface area contributed by atoms with Crippen molar-refractivity contribution in [1.82, 2.24) is 9.55 Å². The quantitative estimate of drug-likeness (QED) is 0.569. The van der Waals surface area contributed by atoms with Crippen molar-refractivity contribution >= 4 is 17.6 Å². The van der Waals surface area contributed by atoms with Crippen LogP contribution in [0.25, 0.3) is 5.70 Å². The lowest BCUT2D eigenvalue weighted by Gasteiger charge is -2.06. The summed E-state index contributed by atoms with van der Waals surface area (Å²) < 4.78 is 1.94. The maximum atomic E-state index is 4.58. The van der Waals surface area contributed by atoms with Crippen LogP contribution in [-0.4, -0.2) is 15.8 Å². The number of rotatable bonds is 5. The normalized spacial score (nSPS) is 12.9. The Morgan fingerprint density at radius 3 is 2.86 bits per heavy atom.